The second-order valence-corrected chi connectivity index (χ2v) is 12.7. The number of aliphatic hydroxyl groups excluding tert-OH is 1. The number of hydrogen-bond acceptors (Lipinski definition) is 9. The first kappa shape index (κ1) is 28.3. The molecule has 4 aromatic rings. The van der Waals surface area contributed by atoms with Crippen LogP contribution in [0.5, 0.6) is 11.5 Å². The van der Waals surface area contributed by atoms with Crippen molar-refractivity contribution in [1.82, 2.24) is 10.2 Å². The Kier molecular flexibility index (Phi) is 7.94. The summed E-state index contributed by atoms with van der Waals surface area (Å²) >= 11 is 8.69. The molecule has 1 amide bonds. The van der Waals surface area contributed by atoms with Gasteiger partial charge in [0.05, 0.1) is 11.6 Å². The summed E-state index contributed by atoms with van der Waals surface area (Å²) < 4.78 is 11.9. The van der Waals surface area contributed by atoms with Crippen molar-refractivity contribution in [2.75, 3.05) is 18.1 Å². The summed E-state index contributed by atoms with van der Waals surface area (Å²) in [4.78, 5) is 28.5. The molecule has 2 aliphatic heterocycles. The van der Waals surface area contributed by atoms with Gasteiger partial charge in [0.2, 0.25) is 5.13 Å². The molecule has 11 heteroatoms. The molecule has 1 saturated heterocycles. The monoisotopic (exact) mass is 619 g/mol. The summed E-state index contributed by atoms with van der Waals surface area (Å²) in [5, 5.41) is 21.0. The van der Waals surface area contributed by atoms with Crippen LogP contribution in [0, 0.1) is 0 Å². The molecule has 0 unspecified atom stereocenters. The molecule has 1 fully saturated rings. The van der Waals surface area contributed by atoms with Gasteiger partial charge in [0.15, 0.2) is 15.8 Å². The minimum absolute atomic E-state index is 0.0282. The van der Waals surface area contributed by atoms with Crippen LogP contribution in [0.15, 0.2) is 76.6 Å². The van der Waals surface area contributed by atoms with Crippen LogP contribution in [0.1, 0.15) is 48.1 Å². The first-order valence-electron chi connectivity index (χ1n) is 13.3. The summed E-state index contributed by atoms with van der Waals surface area (Å²) in [6, 6.07) is 19.3. The fourth-order valence-electron chi connectivity index (χ4n) is 4.84. The molecule has 214 valence electrons. The molecule has 3 heterocycles. The third kappa shape index (κ3) is 5.49. The normalized spacial score (nSPS) is 17.7. The summed E-state index contributed by atoms with van der Waals surface area (Å²) in [5.74, 6) is 0.0670. The Morgan fingerprint density at radius 2 is 1.74 bits per heavy atom. The van der Waals surface area contributed by atoms with Crippen LogP contribution in [0.3, 0.4) is 0 Å². The van der Waals surface area contributed by atoms with Gasteiger partial charge < -0.3 is 14.6 Å². The minimum Gasteiger partial charge on any atom is -0.507 e. The smallest absolute Gasteiger partial charge is 0.301 e. The Morgan fingerprint density at radius 1 is 1.02 bits per heavy atom. The third-order valence-electron chi connectivity index (χ3n) is 7.06. The predicted octanol–water partition coefficient (Wildman–Crippen LogP) is 7.00. The molecule has 0 spiro atoms. The lowest BCUT2D eigenvalue weighted by molar-refractivity contribution is -0.132. The van der Waals surface area contributed by atoms with Gasteiger partial charge in [-0.3, -0.25) is 14.5 Å². The van der Waals surface area contributed by atoms with Gasteiger partial charge in [-0.05, 0) is 52.9 Å². The lowest BCUT2D eigenvalue weighted by Gasteiger charge is -2.23. The molecular weight excluding hydrogens is 594 g/mol. The fraction of sp³-hybridized carbons (Fsp3) is 0.226. The first-order valence-corrected chi connectivity index (χ1v) is 15.5. The summed E-state index contributed by atoms with van der Waals surface area (Å²) in [6.07, 6.45) is 0. The number of thioether (sulfide) groups is 1. The lowest BCUT2D eigenvalue weighted by Crippen LogP contribution is -2.29. The summed E-state index contributed by atoms with van der Waals surface area (Å²) in [6.45, 7) is 4.98. The van der Waals surface area contributed by atoms with Crippen LogP contribution in [0.2, 0.25) is 5.02 Å². The molecule has 0 saturated carbocycles. The van der Waals surface area contributed by atoms with E-state index in [9.17, 15) is 14.7 Å². The third-order valence-corrected chi connectivity index (χ3v) is 9.44. The van der Waals surface area contributed by atoms with Crippen LogP contribution >= 0.6 is 34.7 Å². The maximum atomic E-state index is 13.6. The quantitative estimate of drug-likeness (QED) is 0.0775. The average molecular weight is 620 g/mol. The largest absolute Gasteiger partial charge is 0.507 e. The van der Waals surface area contributed by atoms with Crippen molar-refractivity contribution < 1.29 is 24.2 Å². The number of carbonyl (C=O) groups excluding carboxylic acids is 2. The van der Waals surface area contributed by atoms with Crippen molar-refractivity contribution in [3.8, 4) is 11.5 Å². The zero-order valence-corrected chi connectivity index (χ0v) is 25.1. The SMILES string of the molecule is CC(C)c1ccc([C@@H]2C(=C(O)c3ccc4c(c3)OCCO4)C(=O)C(=O)N2c2nnc(SCc3ccc(Cl)cc3)s2)cc1. The maximum Gasteiger partial charge on any atom is 0.301 e. The Bertz CT molecular complexity index is 1690. The molecule has 8 nitrogen and oxygen atoms in total. The summed E-state index contributed by atoms with van der Waals surface area (Å²) in [5.41, 5.74) is 3.16. The van der Waals surface area contributed by atoms with Crippen molar-refractivity contribution in [2.24, 2.45) is 0 Å². The molecule has 1 N–H and O–H groups in total. The zero-order chi connectivity index (χ0) is 29.4. The van der Waals surface area contributed by atoms with E-state index in [1.54, 1.807) is 18.2 Å². The number of nitrogens with zero attached hydrogens (tertiary/aromatic N) is 3. The highest BCUT2D eigenvalue weighted by Gasteiger charge is 2.48. The second-order valence-electron chi connectivity index (χ2n) is 10.1. The highest BCUT2D eigenvalue weighted by Crippen LogP contribution is 2.45. The zero-order valence-electron chi connectivity index (χ0n) is 22.7. The number of fused-ring (bicyclic) bond motifs is 1. The van der Waals surface area contributed by atoms with E-state index in [1.807, 2.05) is 48.5 Å². The van der Waals surface area contributed by atoms with Gasteiger partial charge in [0.1, 0.15) is 19.0 Å². The van der Waals surface area contributed by atoms with Crippen molar-refractivity contribution in [3.05, 3.63) is 99.6 Å². The number of anilines is 1. The Hall–Kier alpha value is -3.86. The van der Waals surface area contributed by atoms with E-state index < -0.39 is 17.7 Å². The average Bonchev–Trinajstić information content (AvgIpc) is 3.58. The minimum atomic E-state index is -0.901. The molecule has 42 heavy (non-hydrogen) atoms. The lowest BCUT2D eigenvalue weighted by atomic mass is 9.93. The number of rotatable bonds is 7. The van der Waals surface area contributed by atoms with Crippen LogP contribution in [-0.4, -0.2) is 40.2 Å². The summed E-state index contributed by atoms with van der Waals surface area (Å²) in [7, 11) is 0. The van der Waals surface area contributed by atoms with Crippen molar-refractivity contribution >= 4 is 57.3 Å². The van der Waals surface area contributed by atoms with Crippen molar-refractivity contribution in [1.29, 1.82) is 0 Å². The van der Waals surface area contributed by atoms with Crippen LogP contribution < -0.4 is 14.4 Å². The van der Waals surface area contributed by atoms with Gasteiger partial charge >= 0.3 is 5.91 Å². The number of aliphatic hydroxyl groups is 1. The standard InChI is InChI=1S/C31H26ClN3O5S2/c1-17(2)19-5-7-20(8-6-19)26-25(27(36)21-9-12-23-24(15-21)40-14-13-39-23)28(37)29(38)35(26)30-33-34-31(42-30)41-16-18-3-10-22(32)11-4-18/h3-12,15,17,26,36H,13-14,16H2,1-2H3/t26-/m1/s1. The van der Waals surface area contributed by atoms with Gasteiger partial charge in [0, 0.05) is 16.3 Å². The molecule has 1 aromatic heterocycles. The van der Waals surface area contributed by atoms with Gasteiger partial charge in [-0.15, -0.1) is 10.2 Å². The van der Waals surface area contributed by atoms with Gasteiger partial charge in [0.25, 0.3) is 5.78 Å². The van der Waals surface area contributed by atoms with E-state index in [0.29, 0.717) is 56.9 Å². The Balaban J connectivity index is 1.39. The van der Waals surface area contributed by atoms with E-state index >= 15 is 0 Å². The number of halogens is 1. The Morgan fingerprint density at radius 3 is 2.45 bits per heavy atom. The van der Waals surface area contributed by atoms with Crippen molar-refractivity contribution in [3.63, 3.8) is 0 Å². The van der Waals surface area contributed by atoms with E-state index in [0.717, 1.165) is 11.1 Å². The number of benzene rings is 3. The van der Waals surface area contributed by atoms with Gasteiger partial charge in [-0.25, -0.2) is 0 Å². The number of amides is 1. The van der Waals surface area contributed by atoms with Crippen LogP contribution in [0.25, 0.3) is 5.76 Å². The highest BCUT2D eigenvalue weighted by molar-refractivity contribution is 8.00. The van der Waals surface area contributed by atoms with Crippen molar-refractivity contribution in [2.45, 2.75) is 35.9 Å². The molecule has 0 bridgehead atoms. The number of hydrogen-bond donors (Lipinski definition) is 1. The van der Waals surface area contributed by atoms with Gasteiger partial charge in [-0.2, -0.15) is 0 Å². The molecule has 0 aliphatic carbocycles. The predicted molar refractivity (Wildman–Crippen MR) is 164 cm³/mol. The van der Waals surface area contributed by atoms with Crippen LogP contribution in [0.4, 0.5) is 5.13 Å². The Labute approximate surface area is 255 Å². The number of ketones is 1. The van der Waals surface area contributed by atoms with E-state index in [4.69, 9.17) is 21.1 Å². The number of ether oxygens (including phenoxy) is 2. The second kappa shape index (κ2) is 11.8. The molecular formula is C31H26ClN3O5S2. The number of aromatic nitrogens is 2. The van der Waals surface area contributed by atoms with Gasteiger partial charge in [-0.1, -0.05) is 84.9 Å². The topological polar surface area (TPSA) is 102 Å². The molecule has 2 aliphatic rings. The van der Waals surface area contributed by atoms with Crippen LogP contribution in [-0.2, 0) is 15.3 Å². The molecule has 0 radical (unpaired) electrons. The molecule has 1 atom stereocenters. The first-order chi connectivity index (χ1) is 20.3. The fourth-order valence-corrected chi connectivity index (χ4v) is 6.79. The van der Waals surface area contributed by atoms with E-state index in [1.165, 1.54) is 28.0 Å². The van der Waals surface area contributed by atoms with E-state index in [-0.39, 0.29) is 16.5 Å². The van der Waals surface area contributed by atoms with E-state index in [2.05, 4.69) is 24.0 Å². The molecule has 3 aromatic carbocycles. The number of Topliss-reactive ketones (excluding diaryl/α,β-unsaturated/α-hetero) is 1. The molecule has 6 rings (SSSR count). The highest BCUT2D eigenvalue weighted by atomic mass is 35.5. The number of carbonyl (C=O) groups is 2. The maximum absolute atomic E-state index is 13.6.